The van der Waals surface area contributed by atoms with Gasteiger partial charge in [0.25, 0.3) is 0 Å². The van der Waals surface area contributed by atoms with Crippen LogP contribution in [-0.2, 0) is 0 Å². The molecule has 2 aromatic rings. The summed E-state index contributed by atoms with van der Waals surface area (Å²) in [6.45, 7) is 1.88. The van der Waals surface area contributed by atoms with E-state index in [-0.39, 0.29) is 0 Å². The van der Waals surface area contributed by atoms with E-state index in [1.165, 1.54) is 0 Å². The minimum absolute atomic E-state index is 0.591. The van der Waals surface area contributed by atoms with Gasteiger partial charge in [-0.1, -0.05) is 0 Å². The van der Waals surface area contributed by atoms with Crippen LogP contribution in [0.15, 0.2) is 17.0 Å². The van der Waals surface area contributed by atoms with Gasteiger partial charge in [-0.05, 0) is 22.9 Å². The van der Waals surface area contributed by atoms with E-state index in [4.69, 9.17) is 0 Å². The first kappa shape index (κ1) is 6.72. The Balaban J connectivity index is 2.90. The van der Waals surface area contributed by atoms with Crippen LogP contribution in [0.3, 0.4) is 0 Å². The molecule has 56 valence electrons. The molecule has 0 aliphatic heterocycles. The summed E-state index contributed by atoms with van der Waals surface area (Å²) in [5, 5.41) is 4.07. The number of aromatic nitrogens is 4. The van der Waals surface area contributed by atoms with Crippen LogP contribution in [0.2, 0.25) is 0 Å². The Kier molecular flexibility index (Phi) is 1.38. The molecule has 0 atom stereocenters. The number of fused-ring (bicyclic) bond motifs is 1. The van der Waals surface area contributed by atoms with Crippen molar-refractivity contribution in [2.75, 3.05) is 0 Å². The molecule has 11 heavy (non-hydrogen) atoms. The molecule has 0 aliphatic carbocycles. The van der Waals surface area contributed by atoms with Crippen molar-refractivity contribution in [3.63, 3.8) is 0 Å². The van der Waals surface area contributed by atoms with Crippen LogP contribution in [0.25, 0.3) is 5.65 Å². The van der Waals surface area contributed by atoms with E-state index in [1.54, 1.807) is 10.7 Å². The second kappa shape index (κ2) is 2.27. The van der Waals surface area contributed by atoms with E-state index in [0.717, 1.165) is 11.5 Å². The zero-order chi connectivity index (χ0) is 7.84. The fraction of sp³-hybridized carbons (Fsp3) is 0.167. The largest absolute Gasteiger partial charge is 0.241 e. The summed E-state index contributed by atoms with van der Waals surface area (Å²) in [5.74, 6) is 0.834. The Hall–Kier alpha value is -0.970. The fourth-order valence-corrected chi connectivity index (χ4v) is 1.25. The van der Waals surface area contributed by atoms with Crippen LogP contribution in [-0.4, -0.2) is 19.6 Å². The van der Waals surface area contributed by atoms with Crippen molar-refractivity contribution in [3.05, 3.63) is 22.8 Å². The van der Waals surface area contributed by atoms with E-state index in [1.807, 2.05) is 13.0 Å². The molecular weight excluding hydrogens is 208 g/mol. The van der Waals surface area contributed by atoms with Crippen LogP contribution >= 0.6 is 15.9 Å². The standard InChI is InChI=1S/C6H5BrN4/c1-4-8-3-2-5-9-6(7)10-11(4)5/h2-3H,1H3. The Labute approximate surface area is 71.4 Å². The van der Waals surface area contributed by atoms with E-state index in [2.05, 4.69) is 31.0 Å². The summed E-state index contributed by atoms with van der Waals surface area (Å²) in [6, 6.07) is 1.81. The van der Waals surface area contributed by atoms with Crippen molar-refractivity contribution >= 4 is 21.6 Å². The van der Waals surface area contributed by atoms with E-state index in [9.17, 15) is 0 Å². The molecule has 0 amide bonds. The number of aryl methyl sites for hydroxylation is 1. The molecule has 0 bridgehead atoms. The summed E-state index contributed by atoms with van der Waals surface area (Å²) in [7, 11) is 0. The van der Waals surface area contributed by atoms with Crippen molar-refractivity contribution < 1.29 is 0 Å². The molecular formula is C6H5BrN4. The van der Waals surface area contributed by atoms with Crippen molar-refractivity contribution in [3.8, 4) is 0 Å². The molecule has 0 radical (unpaired) electrons. The fourth-order valence-electron chi connectivity index (χ4n) is 0.910. The molecule has 0 N–H and O–H groups in total. The minimum atomic E-state index is 0.591. The van der Waals surface area contributed by atoms with Gasteiger partial charge < -0.3 is 0 Å². The van der Waals surface area contributed by atoms with Crippen molar-refractivity contribution in [2.45, 2.75) is 6.92 Å². The van der Waals surface area contributed by atoms with Crippen molar-refractivity contribution in [2.24, 2.45) is 0 Å². The van der Waals surface area contributed by atoms with E-state index >= 15 is 0 Å². The number of rotatable bonds is 0. The Bertz CT molecular complexity index is 394. The highest BCUT2D eigenvalue weighted by molar-refractivity contribution is 9.10. The molecule has 2 heterocycles. The van der Waals surface area contributed by atoms with Gasteiger partial charge in [0.1, 0.15) is 5.82 Å². The second-order valence-corrected chi connectivity index (χ2v) is 2.85. The molecule has 0 saturated carbocycles. The predicted molar refractivity (Wildman–Crippen MR) is 43.2 cm³/mol. The molecule has 2 aromatic heterocycles. The average molecular weight is 213 g/mol. The van der Waals surface area contributed by atoms with Crippen LogP contribution in [0.5, 0.6) is 0 Å². The molecule has 4 nitrogen and oxygen atoms in total. The van der Waals surface area contributed by atoms with Gasteiger partial charge in [-0.3, -0.25) is 0 Å². The first-order valence-electron chi connectivity index (χ1n) is 3.11. The molecule has 0 saturated heterocycles. The van der Waals surface area contributed by atoms with Gasteiger partial charge in [-0.2, -0.15) is 4.52 Å². The normalized spacial score (nSPS) is 10.7. The number of halogens is 1. The van der Waals surface area contributed by atoms with Gasteiger partial charge in [-0.15, -0.1) is 5.10 Å². The minimum Gasteiger partial charge on any atom is -0.241 e. The van der Waals surface area contributed by atoms with Crippen LogP contribution in [0.4, 0.5) is 0 Å². The average Bonchev–Trinajstić information content (AvgIpc) is 2.31. The molecule has 0 fully saturated rings. The van der Waals surface area contributed by atoms with Gasteiger partial charge in [0.05, 0.1) is 0 Å². The van der Waals surface area contributed by atoms with E-state index < -0.39 is 0 Å². The van der Waals surface area contributed by atoms with Crippen LogP contribution < -0.4 is 0 Å². The zero-order valence-electron chi connectivity index (χ0n) is 5.82. The second-order valence-electron chi connectivity index (χ2n) is 2.14. The van der Waals surface area contributed by atoms with Gasteiger partial charge in [0, 0.05) is 12.3 Å². The lowest BCUT2D eigenvalue weighted by Gasteiger charge is -1.92. The van der Waals surface area contributed by atoms with Gasteiger partial charge in [-0.25, -0.2) is 9.97 Å². The SMILES string of the molecule is Cc1nccc2nc(Br)nn12. The van der Waals surface area contributed by atoms with Crippen LogP contribution in [0, 0.1) is 6.92 Å². The van der Waals surface area contributed by atoms with Crippen LogP contribution in [0.1, 0.15) is 5.82 Å². The predicted octanol–water partition coefficient (Wildman–Crippen LogP) is 1.20. The van der Waals surface area contributed by atoms with Gasteiger partial charge >= 0.3 is 0 Å². The smallest absolute Gasteiger partial charge is 0.218 e. The van der Waals surface area contributed by atoms with Crippen molar-refractivity contribution in [1.82, 2.24) is 19.6 Å². The summed E-state index contributed by atoms with van der Waals surface area (Å²) in [5.41, 5.74) is 0.810. The number of hydrogen-bond acceptors (Lipinski definition) is 3. The third-order valence-electron chi connectivity index (χ3n) is 1.40. The highest BCUT2D eigenvalue weighted by Crippen LogP contribution is 2.06. The quantitative estimate of drug-likeness (QED) is 0.660. The summed E-state index contributed by atoms with van der Waals surface area (Å²) in [4.78, 5) is 8.16. The Morgan fingerprint density at radius 1 is 1.55 bits per heavy atom. The number of nitrogens with zero attached hydrogens (tertiary/aromatic N) is 4. The highest BCUT2D eigenvalue weighted by atomic mass is 79.9. The molecule has 5 heteroatoms. The van der Waals surface area contributed by atoms with Gasteiger partial charge in [0.15, 0.2) is 5.65 Å². The molecule has 0 spiro atoms. The topological polar surface area (TPSA) is 43.1 Å². The lowest BCUT2D eigenvalue weighted by Crippen LogP contribution is -1.95. The van der Waals surface area contributed by atoms with E-state index in [0.29, 0.717) is 4.73 Å². The first-order chi connectivity index (χ1) is 5.27. The molecule has 0 aliphatic rings. The Morgan fingerprint density at radius 2 is 2.36 bits per heavy atom. The maximum Gasteiger partial charge on any atom is 0.218 e. The summed E-state index contributed by atoms with van der Waals surface area (Å²) in [6.07, 6.45) is 1.71. The van der Waals surface area contributed by atoms with Crippen molar-refractivity contribution in [1.29, 1.82) is 0 Å². The third kappa shape index (κ3) is 1.01. The summed E-state index contributed by atoms with van der Waals surface area (Å²) >= 11 is 3.19. The third-order valence-corrected chi connectivity index (χ3v) is 1.73. The zero-order valence-corrected chi connectivity index (χ0v) is 7.41. The van der Waals surface area contributed by atoms with Gasteiger partial charge in [0.2, 0.25) is 4.73 Å². The number of hydrogen-bond donors (Lipinski definition) is 0. The molecule has 0 unspecified atom stereocenters. The lowest BCUT2D eigenvalue weighted by molar-refractivity contribution is 0.855. The lowest BCUT2D eigenvalue weighted by atomic mass is 10.6. The Morgan fingerprint density at radius 3 is 3.09 bits per heavy atom. The molecule has 2 rings (SSSR count). The monoisotopic (exact) mass is 212 g/mol. The first-order valence-corrected chi connectivity index (χ1v) is 3.90. The highest BCUT2D eigenvalue weighted by Gasteiger charge is 2.00. The maximum absolute atomic E-state index is 4.10. The maximum atomic E-state index is 4.10. The molecule has 0 aromatic carbocycles. The summed E-state index contributed by atoms with van der Waals surface area (Å²) < 4.78 is 2.28.